The molecule has 22 heavy (non-hydrogen) atoms. The van der Waals surface area contributed by atoms with Gasteiger partial charge in [-0.15, -0.1) is 0 Å². The van der Waals surface area contributed by atoms with Gasteiger partial charge in [-0.25, -0.2) is 0 Å². The fourth-order valence-corrected chi connectivity index (χ4v) is 2.89. The van der Waals surface area contributed by atoms with Crippen molar-refractivity contribution in [3.8, 4) is 0 Å². The molecule has 0 aliphatic carbocycles. The standard InChI is InChI=1S/C11H15N5O5S/c1-20-6-5(18)3(2-17)21-9(6)16-7-4(13-11(16)22)8(19)15-10(12)14-7/h3,5-6,9,17-18H,2H2,1H3,(H,13,22)(H3,12,14,15,19)/t3-,5-,6-,9-/m1/s1. The van der Waals surface area contributed by atoms with Gasteiger partial charge in [0.2, 0.25) is 5.95 Å². The molecule has 1 fully saturated rings. The van der Waals surface area contributed by atoms with E-state index in [9.17, 15) is 15.0 Å². The maximum atomic E-state index is 11.9. The summed E-state index contributed by atoms with van der Waals surface area (Å²) in [5, 5.41) is 19.4. The molecule has 0 saturated carbocycles. The van der Waals surface area contributed by atoms with Crippen molar-refractivity contribution in [1.82, 2.24) is 19.5 Å². The van der Waals surface area contributed by atoms with Gasteiger partial charge in [-0.3, -0.25) is 14.3 Å². The molecule has 2 aromatic rings. The molecule has 10 nitrogen and oxygen atoms in total. The van der Waals surface area contributed by atoms with Crippen molar-refractivity contribution in [2.45, 2.75) is 24.5 Å². The fraction of sp³-hybridized carbons (Fsp3) is 0.545. The minimum absolute atomic E-state index is 0.0773. The van der Waals surface area contributed by atoms with Crippen LogP contribution in [-0.2, 0) is 9.47 Å². The van der Waals surface area contributed by atoms with Gasteiger partial charge in [-0.2, -0.15) is 4.98 Å². The molecule has 0 amide bonds. The van der Waals surface area contributed by atoms with E-state index in [1.807, 2.05) is 0 Å². The number of aromatic nitrogens is 4. The average Bonchev–Trinajstić information content (AvgIpc) is 2.95. The van der Waals surface area contributed by atoms with E-state index in [-0.39, 0.29) is 28.5 Å². The van der Waals surface area contributed by atoms with Crippen molar-refractivity contribution in [3.63, 3.8) is 0 Å². The Morgan fingerprint density at radius 2 is 2.27 bits per heavy atom. The monoisotopic (exact) mass is 329 g/mol. The highest BCUT2D eigenvalue weighted by molar-refractivity contribution is 7.71. The average molecular weight is 329 g/mol. The van der Waals surface area contributed by atoms with Crippen LogP contribution in [0.1, 0.15) is 6.23 Å². The zero-order valence-electron chi connectivity index (χ0n) is 11.5. The predicted octanol–water partition coefficient (Wildman–Crippen LogP) is -1.37. The molecule has 4 atom stereocenters. The summed E-state index contributed by atoms with van der Waals surface area (Å²) in [6.45, 7) is -0.386. The summed E-state index contributed by atoms with van der Waals surface area (Å²) in [5.74, 6) is -0.0773. The highest BCUT2D eigenvalue weighted by Gasteiger charge is 2.45. The Morgan fingerprint density at radius 1 is 1.55 bits per heavy atom. The Bertz CT molecular complexity index is 813. The topological polar surface area (TPSA) is 151 Å². The maximum absolute atomic E-state index is 11.9. The molecule has 120 valence electrons. The summed E-state index contributed by atoms with van der Waals surface area (Å²) in [7, 11) is 1.40. The molecular formula is C11H15N5O5S. The molecule has 0 unspecified atom stereocenters. The molecule has 1 saturated heterocycles. The highest BCUT2D eigenvalue weighted by Crippen LogP contribution is 2.33. The molecule has 3 heterocycles. The molecule has 0 spiro atoms. The van der Waals surface area contributed by atoms with Crippen LogP contribution in [0.15, 0.2) is 4.79 Å². The van der Waals surface area contributed by atoms with Gasteiger partial charge in [0.25, 0.3) is 5.56 Å². The number of nitrogens with one attached hydrogen (secondary N) is 2. The molecule has 3 rings (SSSR count). The molecule has 6 N–H and O–H groups in total. The Morgan fingerprint density at radius 3 is 2.91 bits per heavy atom. The summed E-state index contributed by atoms with van der Waals surface area (Å²) < 4.78 is 12.4. The predicted molar refractivity (Wildman–Crippen MR) is 77.8 cm³/mol. The van der Waals surface area contributed by atoms with Crippen LogP contribution < -0.4 is 11.3 Å². The van der Waals surface area contributed by atoms with Gasteiger partial charge in [-0.1, -0.05) is 0 Å². The number of hydrogen-bond donors (Lipinski definition) is 5. The molecule has 0 bridgehead atoms. The molecule has 2 aromatic heterocycles. The third-order valence-corrected chi connectivity index (χ3v) is 3.92. The second-order valence-electron chi connectivity index (χ2n) is 4.89. The van der Waals surface area contributed by atoms with Gasteiger partial charge >= 0.3 is 0 Å². The number of nitrogens with zero attached hydrogens (tertiary/aromatic N) is 2. The number of hydrogen-bond acceptors (Lipinski definition) is 8. The number of rotatable bonds is 3. The number of nitrogens with two attached hydrogens (primary N) is 1. The van der Waals surface area contributed by atoms with Crippen LogP contribution in [0.25, 0.3) is 11.2 Å². The van der Waals surface area contributed by atoms with E-state index in [4.69, 9.17) is 27.4 Å². The maximum Gasteiger partial charge on any atom is 0.278 e. The summed E-state index contributed by atoms with van der Waals surface area (Å²) in [6.07, 6.45) is -3.52. The van der Waals surface area contributed by atoms with Crippen LogP contribution in [0, 0.1) is 4.77 Å². The van der Waals surface area contributed by atoms with Crippen molar-refractivity contribution < 1.29 is 19.7 Å². The van der Waals surface area contributed by atoms with E-state index >= 15 is 0 Å². The number of methoxy groups -OCH3 is 1. The first-order valence-corrected chi connectivity index (χ1v) is 6.86. The first-order valence-electron chi connectivity index (χ1n) is 6.45. The van der Waals surface area contributed by atoms with Gasteiger partial charge in [0.1, 0.15) is 18.3 Å². The first kappa shape index (κ1) is 15.1. The minimum atomic E-state index is -1.05. The third-order valence-electron chi connectivity index (χ3n) is 3.62. The SMILES string of the molecule is CO[C@@H]1[C@H](O)[C@@H](CO)O[C@H]1n1c(=S)[nH]c2c(=O)[nH]c(N)nc21. The molecular weight excluding hydrogens is 314 g/mol. The summed E-state index contributed by atoms with van der Waals surface area (Å²) in [6, 6.07) is 0. The van der Waals surface area contributed by atoms with E-state index in [2.05, 4.69) is 15.0 Å². The van der Waals surface area contributed by atoms with Crippen molar-refractivity contribution in [1.29, 1.82) is 0 Å². The molecule has 0 aromatic carbocycles. The largest absolute Gasteiger partial charge is 0.394 e. The summed E-state index contributed by atoms with van der Waals surface area (Å²) in [4.78, 5) is 21.0. The van der Waals surface area contributed by atoms with E-state index in [0.717, 1.165) is 0 Å². The van der Waals surface area contributed by atoms with E-state index < -0.39 is 30.1 Å². The normalized spacial score (nSPS) is 28.5. The lowest BCUT2D eigenvalue weighted by atomic mass is 10.1. The van der Waals surface area contributed by atoms with Crippen LogP contribution in [-0.4, -0.2) is 61.8 Å². The van der Waals surface area contributed by atoms with Gasteiger partial charge in [-0.05, 0) is 12.2 Å². The highest BCUT2D eigenvalue weighted by atomic mass is 32.1. The molecule has 11 heteroatoms. The van der Waals surface area contributed by atoms with E-state index in [0.29, 0.717) is 0 Å². The second-order valence-corrected chi connectivity index (χ2v) is 5.28. The quantitative estimate of drug-likeness (QED) is 0.433. The number of aliphatic hydroxyl groups excluding tert-OH is 2. The number of aromatic amines is 2. The number of H-pyrrole nitrogens is 2. The number of aliphatic hydroxyl groups is 2. The molecule has 0 radical (unpaired) electrons. The van der Waals surface area contributed by atoms with Gasteiger partial charge < -0.3 is 30.4 Å². The lowest BCUT2D eigenvalue weighted by molar-refractivity contribution is -0.0589. The van der Waals surface area contributed by atoms with Crippen molar-refractivity contribution in [3.05, 3.63) is 15.1 Å². The molecule has 1 aliphatic rings. The van der Waals surface area contributed by atoms with Crippen LogP contribution >= 0.6 is 12.2 Å². The lowest BCUT2D eigenvalue weighted by Gasteiger charge is -2.20. The second kappa shape index (κ2) is 5.44. The Balaban J connectivity index is 2.20. The van der Waals surface area contributed by atoms with Crippen LogP contribution in [0.5, 0.6) is 0 Å². The lowest BCUT2D eigenvalue weighted by Crippen LogP contribution is -2.34. The first-order chi connectivity index (χ1) is 10.5. The number of anilines is 1. The minimum Gasteiger partial charge on any atom is -0.394 e. The van der Waals surface area contributed by atoms with Crippen LogP contribution in [0.2, 0.25) is 0 Å². The summed E-state index contributed by atoms with van der Waals surface area (Å²) in [5.41, 5.74) is 5.41. The smallest absolute Gasteiger partial charge is 0.278 e. The zero-order valence-corrected chi connectivity index (χ0v) is 12.3. The van der Waals surface area contributed by atoms with Crippen LogP contribution in [0.3, 0.4) is 0 Å². The summed E-state index contributed by atoms with van der Waals surface area (Å²) >= 11 is 5.20. The van der Waals surface area contributed by atoms with Gasteiger partial charge in [0.05, 0.1) is 6.61 Å². The van der Waals surface area contributed by atoms with E-state index in [1.165, 1.54) is 11.7 Å². The van der Waals surface area contributed by atoms with E-state index in [1.54, 1.807) is 0 Å². The molecule has 1 aliphatic heterocycles. The van der Waals surface area contributed by atoms with Crippen LogP contribution in [0.4, 0.5) is 5.95 Å². The number of ether oxygens (including phenoxy) is 2. The fourth-order valence-electron chi connectivity index (χ4n) is 2.60. The van der Waals surface area contributed by atoms with Gasteiger partial charge in [0, 0.05) is 7.11 Å². The Hall–Kier alpha value is -1.79. The Kier molecular flexibility index (Phi) is 3.74. The van der Waals surface area contributed by atoms with Crippen molar-refractivity contribution in [2.75, 3.05) is 19.5 Å². The zero-order chi connectivity index (χ0) is 16.0. The Labute approximate surface area is 128 Å². The van der Waals surface area contributed by atoms with Crippen molar-refractivity contribution >= 4 is 29.3 Å². The number of fused-ring (bicyclic) bond motifs is 1. The number of nitrogen functional groups attached to an aromatic ring is 1. The van der Waals surface area contributed by atoms with Crippen molar-refractivity contribution in [2.24, 2.45) is 0 Å². The third kappa shape index (κ3) is 2.14. The number of imidazole rings is 1. The van der Waals surface area contributed by atoms with Gasteiger partial charge in [0.15, 0.2) is 22.2 Å².